The highest BCUT2D eigenvalue weighted by atomic mass is 16.6. The van der Waals surface area contributed by atoms with Crippen LogP contribution < -0.4 is 10.1 Å². The number of imide groups is 1. The second kappa shape index (κ2) is 9.35. The number of hydrogen-bond donors (Lipinski definition) is 1. The smallest absolute Gasteiger partial charge is 0.278 e. The van der Waals surface area contributed by atoms with Crippen LogP contribution in [0.5, 0.6) is 5.75 Å². The van der Waals surface area contributed by atoms with Gasteiger partial charge >= 0.3 is 0 Å². The lowest BCUT2D eigenvalue weighted by molar-refractivity contribution is -0.384. The van der Waals surface area contributed by atoms with Gasteiger partial charge in [0, 0.05) is 18.7 Å². The van der Waals surface area contributed by atoms with Crippen molar-refractivity contribution in [2.75, 3.05) is 19.0 Å². The summed E-state index contributed by atoms with van der Waals surface area (Å²) >= 11 is 0. The normalized spacial score (nSPS) is 13.4. The second-order valence-corrected chi connectivity index (χ2v) is 7.38. The second-order valence-electron chi connectivity index (χ2n) is 7.38. The van der Waals surface area contributed by atoms with Gasteiger partial charge in [0.05, 0.1) is 23.3 Å². The lowest BCUT2D eigenvalue weighted by Gasteiger charge is -2.16. The highest BCUT2D eigenvalue weighted by molar-refractivity contribution is 6.36. The molecule has 0 bridgehead atoms. The van der Waals surface area contributed by atoms with Crippen LogP contribution in [0.1, 0.15) is 11.1 Å². The van der Waals surface area contributed by atoms with Gasteiger partial charge in [0.2, 0.25) is 0 Å². The molecule has 0 unspecified atom stereocenters. The summed E-state index contributed by atoms with van der Waals surface area (Å²) in [5, 5.41) is 14.1. The number of nitrogens with one attached hydrogen (secondary N) is 1. The number of anilines is 1. The lowest BCUT2D eigenvalue weighted by atomic mass is 10.0. The molecule has 1 heterocycles. The maximum atomic E-state index is 13.4. The molecule has 0 fully saturated rings. The van der Waals surface area contributed by atoms with E-state index >= 15 is 0 Å². The molecule has 0 spiro atoms. The predicted octanol–water partition coefficient (Wildman–Crippen LogP) is 4.04. The quantitative estimate of drug-likeness (QED) is 0.320. The number of non-ortho nitro benzene ring substituents is 1. The molecule has 8 nitrogen and oxygen atoms in total. The van der Waals surface area contributed by atoms with E-state index in [4.69, 9.17) is 4.74 Å². The number of rotatable bonds is 8. The van der Waals surface area contributed by atoms with Gasteiger partial charge in [-0.05, 0) is 41.8 Å². The zero-order valence-corrected chi connectivity index (χ0v) is 17.9. The number of hydrogen-bond acceptors (Lipinski definition) is 6. The van der Waals surface area contributed by atoms with Crippen molar-refractivity contribution < 1.29 is 19.2 Å². The summed E-state index contributed by atoms with van der Waals surface area (Å²) < 4.78 is 5.36. The predicted molar refractivity (Wildman–Crippen MR) is 123 cm³/mol. The van der Waals surface area contributed by atoms with Gasteiger partial charge in [-0.3, -0.25) is 24.6 Å². The van der Waals surface area contributed by atoms with Crippen LogP contribution in [0.4, 0.5) is 11.4 Å². The number of amides is 2. The molecular weight excluding hydrogens is 422 g/mol. The molecule has 0 radical (unpaired) electrons. The van der Waals surface area contributed by atoms with Gasteiger partial charge in [-0.25, -0.2) is 0 Å². The average molecular weight is 443 g/mol. The van der Waals surface area contributed by atoms with E-state index in [2.05, 4.69) is 5.32 Å². The summed E-state index contributed by atoms with van der Waals surface area (Å²) in [7, 11) is 1.51. The van der Waals surface area contributed by atoms with Gasteiger partial charge in [-0.15, -0.1) is 0 Å². The third kappa shape index (κ3) is 4.45. The molecule has 1 aliphatic rings. The maximum absolute atomic E-state index is 13.4. The van der Waals surface area contributed by atoms with Crippen molar-refractivity contribution in [3.8, 4) is 5.75 Å². The first kappa shape index (κ1) is 21.8. The summed E-state index contributed by atoms with van der Waals surface area (Å²) in [4.78, 5) is 38.4. The van der Waals surface area contributed by atoms with E-state index in [1.54, 1.807) is 24.3 Å². The Bertz CT molecular complexity index is 1240. The molecular formula is C25H21N3O5. The van der Waals surface area contributed by atoms with Crippen LogP contribution in [0.3, 0.4) is 0 Å². The third-order valence-electron chi connectivity index (χ3n) is 5.37. The molecule has 1 N–H and O–H groups in total. The molecule has 3 aromatic carbocycles. The zero-order chi connectivity index (χ0) is 23.4. The lowest BCUT2D eigenvalue weighted by Crippen LogP contribution is -2.34. The molecule has 4 rings (SSSR count). The fraction of sp³-hybridized carbons (Fsp3) is 0.120. The van der Waals surface area contributed by atoms with Crippen LogP contribution in [-0.2, 0) is 16.0 Å². The Labute approximate surface area is 190 Å². The van der Waals surface area contributed by atoms with Gasteiger partial charge in [0.25, 0.3) is 17.5 Å². The van der Waals surface area contributed by atoms with E-state index in [1.807, 2.05) is 30.3 Å². The summed E-state index contributed by atoms with van der Waals surface area (Å²) in [6.45, 7) is 0.204. The van der Waals surface area contributed by atoms with E-state index < -0.39 is 16.7 Å². The highest BCUT2D eigenvalue weighted by Gasteiger charge is 2.39. The standard InChI is InChI=1S/C25H21N3O5/c1-33-21-10-6-5-9-20(21)26-23-22(18-11-13-19(14-12-18)28(31)32)24(29)27(25(23)30)16-15-17-7-3-2-4-8-17/h2-14,26H,15-16H2,1H3. The molecule has 0 saturated heterocycles. The van der Waals surface area contributed by atoms with Gasteiger partial charge in [0.1, 0.15) is 11.4 Å². The molecule has 2 amide bonds. The monoisotopic (exact) mass is 443 g/mol. The van der Waals surface area contributed by atoms with Crippen LogP contribution >= 0.6 is 0 Å². The Morgan fingerprint density at radius 3 is 2.24 bits per heavy atom. The third-order valence-corrected chi connectivity index (χ3v) is 5.37. The minimum absolute atomic E-state index is 0.101. The number of nitrogens with zero attached hydrogens (tertiary/aromatic N) is 2. The summed E-state index contributed by atoms with van der Waals surface area (Å²) in [5.41, 5.74) is 2.11. The van der Waals surface area contributed by atoms with Crippen LogP contribution in [0.2, 0.25) is 0 Å². The minimum atomic E-state index is -0.514. The largest absolute Gasteiger partial charge is 0.495 e. The molecule has 0 aromatic heterocycles. The van der Waals surface area contributed by atoms with Gasteiger partial charge in [-0.2, -0.15) is 0 Å². The number of para-hydroxylation sites is 2. The topological polar surface area (TPSA) is 102 Å². The number of ether oxygens (including phenoxy) is 1. The number of carbonyl (C=O) groups is 2. The van der Waals surface area contributed by atoms with E-state index in [9.17, 15) is 19.7 Å². The number of carbonyl (C=O) groups excluding carboxylic acids is 2. The van der Waals surface area contributed by atoms with Crippen molar-refractivity contribution >= 4 is 28.8 Å². The first-order chi connectivity index (χ1) is 16.0. The summed E-state index contributed by atoms with van der Waals surface area (Å²) in [6.07, 6.45) is 0.508. The van der Waals surface area contributed by atoms with Crippen LogP contribution in [-0.4, -0.2) is 35.3 Å². The zero-order valence-electron chi connectivity index (χ0n) is 17.9. The Balaban J connectivity index is 1.71. The number of methoxy groups -OCH3 is 1. The number of nitro benzene ring substituents is 1. The Kier molecular flexibility index (Phi) is 6.17. The Hall–Kier alpha value is -4.46. The van der Waals surface area contributed by atoms with Gasteiger partial charge in [0.15, 0.2) is 0 Å². The minimum Gasteiger partial charge on any atom is -0.495 e. The Morgan fingerprint density at radius 2 is 1.58 bits per heavy atom. The average Bonchev–Trinajstić information content (AvgIpc) is 3.07. The van der Waals surface area contributed by atoms with E-state index in [0.29, 0.717) is 23.4 Å². The van der Waals surface area contributed by atoms with Crippen molar-refractivity contribution in [2.45, 2.75) is 6.42 Å². The molecule has 0 aliphatic carbocycles. The summed E-state index contributed by atoms with van der Waals surface area (Å²) in [6, 6.07) is 22.2. The highest BCUT2D eigenvalue weighted by Crippen LogP contribution is 2.33. The fourth-order valence-corrected chi connectivity index (χ4v) is 3.68. The van der Waals surface area contributed by atoms with Crippen molar-refractivity contribution in [1.29, 1.82) is 0 Å². The van der Waals surface area contributed by atoms with E-state index in [0.717, 1.165) is 5.56 Å². The Morgan fingerprint density at radius 1 is 0.909 bits per heavy atom. The summed E-state index contributed by atoms with van der Waals surface area (Å²) in [5.74, 6) is -0.409. The van der Waals surface area contributed by atoms with Crippen molar-refractivity contribution in [3.05, 3.63) is 106 Å². The fourth-order valence-electron chi connectivity index (χ4n) is 3.68. The van der Waals surface area contributed by atoms with Crippen molar-refractivity contribution in [3.63, 3.8) is 0 Å². The van der Waals surface area contributed by atoms with Crippen LogP contribution in [0.25, 0.3) is 5.57 Å². The molecule has 0 saturated carbocycles. The molecule has 1 aliphatic heterocycles. The SMILES string of the molecule is COc1ccccc1NC1=C(c2ccc([N+](=O)[O-])cc2)C(=O)N(CCc2ccccc2)C1=O. The first-order valence-corrected chi connectivity index (χ1v) is 10.3. The molecule has 166 valence electrons. The van der Waals surface area contributed by atoms with Gasteiger partial charge in [-0.1, -0.05) is 42.5 Å². The van der Waals surface area contributed by atoms with Gasteiger partial charge < -0.3 is 10.1 Å². The van der Waals surface area contributed by atoms with Crippen molar-refractivity contribution in [2.24, 2.45) is 0 Å². The molecule has 3 aromatic rings. The van der Waals surface area contributed by atoms with Crippen molar-refractivity contribution in [1.82, 2.24) is 4.90 Å². The van der Waals surface area contributed by atoms with Crippen LogP contribution in [0.15, 0.2) is 84.6 Å². The molecule has 33 heavy (non-hydrogen) atoms. The first-order valence-electron chi connectivity index (χ1n) is 10.3. The van der Waals surface area contributed by atoms with Crippen LogP contribution in [0, 0.1) is 10.1 Å². The van der Waals surface area contributed by atoms with E-state index in [-0.39, 0.29) is 23.5 Å². The molecule has 0 atom stereocenters. The number of nitro groups is 1. The van der Waals surface area contributed by atoms with E-state index in [1.165, 1.54) is 36.3 Å². The number of benzene rings is 3. The molecule has 8 heteroatoms. The maximum Gasteiger partial charge on any atom is 0.278 e.